The smallest absolute Gasteiger partial charge is 0.252 e. The molecule has 4 heterocycles. The number of anilines is 8. The maximum atomic E-state index is 6.59. The van der Waals surface area contributed by atoms with E-state index in [0.717, 1.165) is 34.0 Å². The molecule has 0 spiro atoms. The third kappa shape index (κ3) is 6.15. The first-order valence-electron chi connectivity index (χ1n) is 25.7. The fourth-order valence-corrected chi connectivity index (χ4v) is 13.3. The Morgan fingerprint density at radius 1 is 0.500 bits per heavy atom. The van der Waals surface area contributed by atoms with Gasteiger partial charge < -0.3 is 19.1 Å². The van der Waals surface area contributed by atoms with Crippen molar-refractivity contribution in [1.29, 1.82) is 0 Å². The molecule has 1 aliphatic carbocycles. The molecule has 0 saturated heterocycles. The first-order chi connectivity index (χ1) is 33.6. The number of fused-ring (bicyclic) bond motifs is 10. The Morgan fingerprint density at radius 2 is 1.17 bits per heavy atom. The molecule has 13 rings (SSSR count). The van der Waals surface area contributed by atoms with Gasteiger partial charge in [0.15, 0.2) is 0 Å². The van der Waals surface area contributed by atoms with Crippen LogP contribution < -0.4 is 31.1 Å². The molecule has 0 bridgehead atoms. The minimum Gasteiger partial charge on any atom is -0.456 e. The Bertz CT molecular complexity index is 3590. The van der Waals surface area contributed by atoms with Crippen LogP contribution in [0.1, 0.15) is 103 Å². The van der Waals surface area contributed by atoms with Crippen LogP contribution in [0.5, 0.6) is 0 Å². The molecule has 1 fully saturated rings. The van der Waals surface area contributed by atoms with E-state index in [0.29, 0.717) is 0 Å². The SMILES string of the molecule is Cc1cc2c3c(c1)N(c1cccc4oc5ccccc5c14)c1ccc(C(C)(C)C)cc1B3c1ccc(N3c4ccc(-c5ccccc5)cc4C4(C)CCCCC34C)cc1N2c1ccc(C(C)(C)C)cc1. The summed E-state index contributed by atoms with van der Waals surface area (Å²) in [6.07, 6.45) is 4.78. The van der Waals surface area contributed by atoms with E-state index in [1.807, 2.05) is 0 Å². The van der Waals surface area contributed by atoms with Crippen molar-refractivity contribution in [2.45, 2.75) is 110 Å². The van der Waals surface area contributed by atoms with Crippen molar-refractivity contribution >= 4 is 90.5 Å². The fraction of sp³-hybridized carbons (Fsp3) is 0.262. The van der Waals surface area contributed by atoms with Crippen LogP contribution in [-0.2, 0) is 16.2 Å². The average Bonchev–Trinajstić information content (AvgIpc) is 3.83. The lowest BCUT2D eigenvalue weighted by atomic mass is 9.33. The third-order valence-electron chi connectivity index (χ3n) is 17.1. The molecule has 2 atom stereocenters. The Kier molecular flexibility index (Phi) is 9.24. The van der Waals surface area contributed by atoms with Crippen molar-refractivity contribution in [1.82, 2.24) is 0 Å². The lowest BCUT2D eigenvalue weighted by Crippen LogP contribution is -2.61. The zero-order chi connectivity index (χ0) is 48.1. The van der Waals surface area contributed by atoms with Gasteiger partial charge in [-0.3, -0.25) is 0 Å². The monoisotopic (exact) mass is 911 g/mol. The molecule has 1 aromatic heterocycles. The fourth-order valence-electron chi connectivity index (χ4n) is 13.3. The van der Waals surface area contributed by atoms with Gasteiger partial charge in [-0.05, 0) is 160 Å². The summed E-state index contributed by atoms with van der Waals surface area (Å²) < 4.78 is 6.59. The van der Waals surface area contributed by atoms with Gasteiger partial charge in [0.2, 0.25) is 0 Å². The van der Waals surface area contributed by atoms with Gasteiger partial charge in [-0.2, -0.15) is 0 Å². The quantitative estimate of drug-likeness (QED) is 0.164. The Morgan fingerprint density at radius 3 is 1.94 bits per heavy atom. The molecular formula is C65H62BN3O. The number of nitrogens with zero attached hydrogens (tertiary/aromatic N) is 3. The van der Waals surface area contributed by atoms with Crippen molar-refractivity contribution in [2.24, 2.45) is 0 Å². The standard InChI is InChI=1S/C65H62BN3O/c1-41-36-56-61-57(37-41)68(54-21-17-23-59-60(54)48-20-13-14-22-58(48)70-59)53-33-27-45(63(5,6)7)39-51(53)66(61)50-31-30-47(40-55(50)67(56)46-28-25-44(26-29-46)62(2,3)4)69-52-32-24-43(42-18-11-10-12-19-42)38-49(52)64(8)34-15-16-35-65(64,69)9/h10-14,17-33,36-40H,15-16,34-35H2,1-9H3. The Hall–Kier alpha value is -6.98. The summed E-state index contributed by atoms with van der Waals surface area (Å²) in [5.41, 5.74) is 23.4. The van der Waals surface area contributed by atoms with Gasteiger partial charge in [0.05, 0.1) is 16.6 Å². The zero-order valence-corrected chi connectivity index (χ0v) is 42.2. The maximum Gasteiger partial charge on any atom is 0.252 e. The highest BCUT2D eigenvalue weighted by Gasteiger charge is 2.58. The number of furan rings is 1. The molecule has 4 nitrogen and oxygen atoms in total. The molecule has 8 aromatic carbocycles. The third-order valence-corrected chi connectivity index (χ3v) is 17.1. The van der Waals surface area contributed by atoms with Crippen LogP contribution >= 0.6 is 0 Å². The van der Waals surface area contributed by atoms with E-state index in [9.17, 15) is 0 Å². The second-order valence-electron chi connectivity index (χ2n) is 23.4. The minimum atomic E-state index is -0.107. The topological polar surface area (TPSA) is 22.9 Å². The lowest BCUT2D eigenvalue weighted by molar-refractivity contribution is 0.195. The Balaban J connectivity index is 1.08. The van der Waals surface area contributed by atoms with Crippen molar-refractivity contribution in [2.75, 3.05) is 14.7 Å². The van der Waals surface area contributed by atoms with Crippen LogP contribution in [0.25, 0.3) is 33.1 Å². The lowest BCUT2D eigenvalue weighted by Gasteiger charge is -2.50. The van der Waals surface area contributed by atoms with Crippen LogP contribution in [0, 0.1) is 6.92 Å². The molecule has 4 aliphatic rings. The second-order valence-corrected chi connectivity index (χ2v) is 23.4. The second kappa shape index (κ2) is 15.0. The van der Waals surface area contributed by atoms with Gasteiger partial charge in [0.1, 0.15) is 11.2 Å². The number of para-hydroxylation sites is 1. The van der Waals surface area contributed by atoms with Crippen molar-refractivity contribution in [3.05, 3.63) is 186 Å². The van der Waals surface area contributed by atoms with E-state index >= 15 is 0 Å². The zero-order valence-electron chi connectivity index (χ0n) is 42.2. The molecule has 2 unspecified atom stereocenters. The van der Waals surface area contributed by atoms with Crippen molar-refractivity contribution < 1.29 is 4.42 Å². The van der Waals surface area contributed by atoms with Crippen LogP contribution in [-0.4, -0.2) is 12.3 Å². The van der Waals surface area contributed by atoms with Crippen LogP contribution in [0.2, 0.25) is 0 Å². The van der Waals surface area contributed by atoms with Crippen LogP contribution in [0.3, 0.4) is 0 Å². The summed E-state index contributed by atoms with van der Waals surface area (Å²) in [6, 6.07) is 62.5. The van der Waals surface area contributed by atoms with E-state index in [2.05, 4.69) is 241 Å². The molecular weight excluding hydrogens is 850 g/mol. The van der Waals surface area contributed by atoms with E-state index in [-0.39, 0.29) is 28.5 Å². The molecule has 346 valence electrons. The van der Waals surface area contributed by atoms with Crippen molar-refractivity contribution in [3.8, 4) is 11.1 Å². The van der Waals surface area contributed by atoms with Crippen molar-refractivity contribution in [3.63, 3.8) is 0 Å². The Labute approximate surface area is 414 Å². The van der Waals surface area contributed by atoms with Gasteiger partial charge in [-0.25, -0.2) is 0 Å². The van der Waals surface area contributed by atoms with Crippen LogP contribution in [0.4, 0.5) is 45.5 Å². The number of aryl methyl sites for hydroxylation is 1. The number of hydrogen-bond acceptors (Lipinski definition) is 4. The van der Waals surface area contributed by atoms with E-state index in [1.165, 1.54) is 109 Å². The van der Waals surface area contributed by atoms with E-state index < -0.39 is 0 Å². The summed E-state index contributed by atoms with van der Waals surface area (Å²) in [6.45, 7) is 21.3. The highest BCUT2D eigenvalue weighted by molar-refractivity contribution is 7.00. The van der Waals surface area contributed by atoms with Gasteiger partial charge in [0.25, 0.3) is 6.71 Å². The number of hydrogen-bond donors (Lipinski definition) is 0. The normalized spacial score (nSPS) is 19.3. The first-order valence-corrected chi connectivity index (χ1v) is 25.7. The first kappa shape index (κ1) is 43.1. The molecule has 9 aromatic rings. The van der Waals surface area contributed by atoms with Gasteiger partial charge in [-0.15, -0.1) is 0 Å². The summed E-state index contributed by atoms with van der Waals surface area (Å²) in [7, 11) is 0. The molecule has 0 N–H and O–H groups in total. The summed E-state index contributed by atoms with van der Waals surface area (Å²) in [5.74, 6) is 0. The number of rotatable bonds is 4. The summed E-state index contributed by atoms with van der Waals surface area (Å²) >= 11 is 0. The predicted molar refractivity (Wildman–Crippen MR) is 298 cm³/mol. The maximum absolute atomic E-state index is 6.59. The molecule has 0 amide bonds. The molecule has 0 radical (unpaired) electrons. The highest BCUT2D eigenvalue weighted by Crippen LogP contribution is 2.62. The molecule has 5 heteroatoms. The predicted octanol–water partition coefficient (Wildman–Crippen LogP) is 16.0. The number of benzene rings is 8. The van der Waals surface area contributed by atoms with Gasteiger partial charge >= 0.3 is 0 Å². The van der Waals surface area contributed by atoms with E-state index in [4.69, 9.17) is 4.42 Å². The summed E-state index contributed by atoms with van der Waals surface area (Å²) in [4.78, 5) is 7.93. The summed E-state index contributed by atoms with van der Waals surface area (Å²) in [5, 5.41) is 2.27. The van der Waals surface area contributed by atoms with E-state index in [1.54, 1.807) is 0 Å². The highest BCUT2D eigenvalue weighted by atomic mass is 16.3. The minimum absolute atomic E-state index is 0.0107. The molecule has 70 heavy (non-hydrogen) atoms. The average molecular weight is 912 g/mol. The van der Waals surface area contributed by atoms with Gasteiger partial charge in [0, 0.05) is 50.6 Å². The largest absolute Gasteiger partial charge is 0.456 e. The van der Waals surface area contributed by atoms with Crippen LogP contribution in [0.15, 0.2) is 168 Å². The van der Waals surface area contributed by atoms with Gasteiger partial charge in [-0.1, -0.05) is 152 Å². The molecule has 1 saturated carbocycles. The molecule has 3 aliphatic heterocycles.